The molecule has 0 spiro atoms. The van der Waals surface area contributed by atoms with Crippen molar-refractivity contribution in [2.24, 2.45) is 0 Å². The first kappa shape index (κ1) is 13.4. The van der Waals surface area contributed by atoms with Crippen LogP contribution in [0.1, 0.15) is 18.5 Å². The maximum absolute atomic E-state index is 12.4. The Bertz CT molecular complexity index is 510. The van der Waals surface area contributed by atoms with Gasteiger partial charge in [-0.15, -0.1) is 0 Å². The smallest absolute Gasteiger partial charge is 0.262 e. The Morgan fingerprint density at radius 3 is 2.44 bits per heavy atom. The van der Waals surface area contributed by atoms with Gasteiger partial charge in [0.25, 0.3) is 10.0 Å². The van der Waals surface area contributed by atoms with Crippen LogP contribution in [0, 0.1) is 6.92 Å². The van der Waals surface area contributed by atoms with Crippen LogP contribution in [0.15, 0.2) is 17.4 Å². The quantitative estimate of drug-likeness (QED) is 0.846. The molecule has 6 nitrogen and oxygen atoms in total. The second-order valence-electron chi connectivity index (χ2n) is 4.41. The molecule has 0 saturated carbocycles. The summed E-state index contributed by atoms with van der Waals surface area (Å²) in [5.74, 6) is 0. The molecule has 18 heavy (non-hydrogen) atoms. The Hall–Kier alpha value is -1.05. The standard InChI is InChI=1S/C11H18N4O2S/c1-9-11(14-6-5-13-9)18(16,17)15-7-3-10(12-2)4-8-15/h5-6,10,12H,3-4,7-8H2,1-2H3. The van der Waals surface area contributed by atoms with Crippen molar-refractivity contribution in [1.82, 2.24) is 19.6 Å². The summed E-state index contributed by atoms with van der Waals surface area (Å²) in [4.78, 5) is 7.95. The van der Waals surface area contributed by atoms with Crippen molar-refractivity contribution < 1.29 is 8.42 Å². The predicted octanol–water partition coefficient (Wildman–Crippen LogP) is 0.158. The van der Waals surface area contributed by atoms with Crippen molar-refractivity contribution in [3.05, 3.63) is 18.1 Å². The topological polar surface area (TPSA) is 75.2 Å². The Labute approximate surface area is 107 Å². The normalized spacial score (nSPS) is 19.0. The summed E-state index contributed by atoms with van der Waals surface area (Å²) in [6, 6.07) is 0.402. The van der Waals surface area contributed by atoms with E-state index >= 15 is 0 Å². The molecule has 1 saturated heterocycles. The zero-order chi connectivity index (χ0) is 13.2. The number of sulfonamides is 1. The number of hydrogen-bond donors (Lipinski definition) is 1. The molecule has 1 fully saturated rings. The molecule has 1 aliphatic rings. The van der Waals surface area contributed by atoms with Crippen molar-refractivity contribution in [3.63, 3.8) is 0 Å². The number of hydrogen-bond acceptors (Lipinski definition) is 5. The second-order valence-corrected chi connectivity index (χ2v) is 6.27. The zero-order valence-corrected chi connectivity index (χ0v) is 11.4. The fraction of sp³-hybridized carbons (Fsp3) is 0.636. The van der Waals surface area contributed by atoms with Gasteiger partial charge in [-0.1, -0.05) is 0 Å². The molecule has 0 atom stereocenters. The number of piperidine rings is 1. The number of aryl methyl sites for hydroxylation is 1. The van der Waals surface area contributed by atoms with E-state index in [9.17, 15) is 8.42 Å². The van der Waals surface area contributed by atoms with E-state index in [1.54, 1.807) is 6.92 Å². The molecule has 0 aliphatic carbocycles. The van der Waals surface area contributed by atoms with E-state index in [1.807, 2.05) is 7.05 Å². The third-order valence-corrected chi connectivity index (χ3v) is 5.22. The molecule has 0 amide bonds. The highest BCUT2D eigenvalue weighted by Gasteiger charge is 2.31. The number of nitrogens with zero attached hydrogens (tertiary/aromatic N) is 3. The van der Waals surface area contributed by atoms with Gasteiger partial charge < -0.3 is 5.32 Å². The maximum Gasteiger partial charge on any atom is 0.262 e. The fourth-order valence-corrected chi connectivity index (χ4v) is 3.71. The molecular formula is C11H18N4O2S. The SMILES string of the molecule is CNC1CCN(S(=O)(=O)c2nccnc2C)CC1. The predicted molar refractivity (Wildman–Crippen MR) is 67.6 cm³/mol. The van der Waals surface area contributed by atoms with E-state index in [1.165, 1.54) is 16.7 Å². The van der Waals surface area contributed by atoms with E-state index in [2.05, 4.69) is 15.3 Å². The van der Waals surface area contributed by atoms with Gasteiger partial charge in [-0.3, -0.25) is 4.98 Å². The van der Waals surface area contributed by atoms with Gasteiger partial charge in [0.2, 0.25) is 0 Å². The summed E-state index contributed by atoms with van der Waals surface area (Å²) in [6.07, 6.45) is 4.58. The van der Waals surface area contributed by atoms with Gasteiger partial charge in [-0.25, -0.2) is 13.4 Å². The molecule has 100 valence electrons. The zero-order valence-electron chi connectivity index (χ0n) is 10.6. The first-order chi connectivity index (χ1) is 8.55. The Kier molecular flexibility index (Phi) is 3.94. The van der Waals surface area contributed by atoms with Crippen LogP contribution in [-0.4, -0.2) is 48.9 Å². The molecule has 2 heterocycles. The highest BCUT2D eigenvalue weighted by atomic mass is 32.2. The minimum Gasteiger partial charge on any atom is -0.317 e. The Morgan fingerprint density at radius 1 is 1.28 bits per heavy atom. The Balaban J connectivity index is 2.20. The molecule has 0 radical (unpaired) electrons. The lowest BCUT2D eigenvalue weighted by atomic mass is 10.1. The van der Waals surface area contributed by atoms with Gasteiger partial charge in [0.1, 0.15) is 0 Å². The molecule has 1 aromatic rings. The van der Waals surface area contributed by atoms with Crippen LogP contribution in [0.25, 0.3) is 0 Å². The summed E-state index contributed by atoms with van der Waals surface area (Å²) in [6.45, 7) is 2.73. The van der Waals surface area contributed by atoms with E-state index in [0.29, 0.717) is 24.8 Å². The third kappa shape index (κ3) is 2.52. The van der Waals surface area contributed by atoms with Gasteiger partial charge in [0.05, 0.1) is 5.69 Å². The lowest BCUT2D eigenvalue weighted by Gasteiger charge is -2.30. The van der Waals surface area contributed by atoms with Crippen LogP contribution < -0.4 is 5.32 Å². The average molecular weight is 270 g/mol. The molecule has 1 aliphatic heterocycles. The lowest BCUT2D eigenvalue weighted by molar-refractivity contribution is 0.297. The van der Waals surface area contributed by atoms with Crippen LogP contribution in [0.2, 0.25) is 0 Å². The van der Waals surface area contributed by atoms with Crippen LogP contribution in [-0.2, 0) is 10.0 Å². The van der Waals surface area contributed by atoms with Crippen LogP contribution in [0.4, 0.5) is 0 Å². The summed E-state index contributed by atoms with van der Waals surface area (Å²) in [5.41, 5.74) is 0.452. The fourth-order valence-electron chi connectivity index (χ4n) is 2.16. The van der Waals surface area contributed by atoms with E-state index < -0.39 is 10.0 Å². The molecule has 0 unspecified atom stereocenters. The van der Waals surface area contributed by atoms with E-state index in [-0.39, 0.29) is 5.03 Å². The van der Waals surface area contributed by atoms with Gasteiger partial charge >= 0.3 is 0 Å². The third-order valence-electron chi connectivity index (χ3n) is 3.28. The second kappa shape index (κ2) is 5.29. The summed E-state index contributed by atoms with van der Waals surface area (Å²) >= 11 is 0. The van der Waals surface area contributed by atoms with Gasteiger partial charge in [-0.2, -0.15) is 4.31 Å². The number of aromatic nitrogens is 2. The Morgan fingerprint density at radius 2 is 1.89 bits per heavy atom. The maximum atomic E-state index is 12.4. The van der Waals surface area contributed by atoms with Crippen molar-refractivity contribution in [1.29, 1.82) is 0 Å². The summed E-state index contributed by atoms with van der Waals surface area (Å²) < 4.78 is 26.3. The monoisotopic (exact) mass is 270 g/mol. The van der Waals surface area contributed by atoms with Crippen LogP contribution >= 0.6 is 0 Å². The van der Waals surface area contributed by atoms with E-state index in [4.69, 9.17) is 0 Å². The van der Waals surface area contributed by atoms with E-state index in [0.717, 1.165) is 12.8 Å². The highest BCUT2D eigenvalue weighted by Crippen LogP contribution is 2.20. The van der Waals surface area contributed by atoms with Crippen molar-refractivity contribution in [2.75, 3.05) is 20.1 Å². The summed E-state index contributed by atoms with van der Waals surface area (Å²) in [7, 11) is -1.59. The number of rotatable bonds is 3. The molecule has 7 heteroatoms. The van der Waals surface area contributed by atoms with Crippen LogP contribution in [0.5, 0.6) is 0 Å². The van der Waals surface area contributed by atoms with Crippen LogP contribution in [0.3, 0.4) is 0 Å². The van der Waals surface area contributed by atoms with Gasteiger partial charge in [-0.05, 0) is 26.8 Å². The largest absolute Gasteiger partial charge is 0.317 e. The highest BCUT2D eigenvalue weighted by molar-refractivity contribution is 7.89. The van der Waals surface area contributed by atoms with Crippen molar-refractivity contribution in [2.45, 2.75) is 30.8 Å². The van der Waals surface area contributed by atoms with Crippen molar-refractivity contribution >= 4 is 10.0 Å². The minimum absolute atomic E-state index is 0.0768. The lowest BCUT2D eigenvalue weighted by Crippen LogP contribution is -2.44. The average Bonchev–Trinajstić information content (AvgIpc) is 2.39. The molecule has 0 bridgehead atoms. The molecule has 2 rings (SSSR count). The molecule has 1 N–H and O–H groups in total. The van der Waals surface area contributed by atoms with Gasteiger partial charge in [0.15, 0.2) is 5.03 Å². The molecular weight excluding hydrogens is 252 g/mol. The molecule has 1 aromatic heterocycles. The summed E-state index contributed by atoms with van der Waals surface area (Å²) in [5, 5.41) is 3.25. The first-order valence-electron chi connectivity index (χ1n) is 6.00. The van der Waals surface area contributed by atoms with Gasteiger partial charge in [0, 0.05) is 31.5 Å². The number of nitrogens with one attached hydrogen (secondary N) is 1. The van der Waals surface area contributed by atoms with Crippen molar-refractivity contribution in [3.8, 4) is 0 Å². The minimum atomic E-state index is -3.49. The first-order valence-corrected chi connectivity index (χ1v) is 7.44. The molecule has 0 aromatic carbocycles.